The first-order valence-electron chi connectivity index (χ1n) is 10.6. The highest BCUT2D eigenvalue weighted by molar-refractivity contribution is 5.74. The van der Waals surface area contributed by atoms with Gasteiger partial charge in [-0.1, -0.05) is 31.2 Å². The molecule has 1 aliphatic heterocycles. The molecule has 2 aliphatic rings. The molecule has 0 saturated heterocycles. The van der Waals surface area contributed by atoms with Crippen LogP contribution in [0.25, 0.3) is 12.2 Å². The van der Waals surface area contributed by atoms with E-state index < -0.39 is 0 Å². The van der Waals surface area contributed by atoms with Crippen LogP contribution in [-0.2, 0) is 6.54 Å². The molecule has 0 radical (unpaired) electrons. The lowest BCUT2D eigenvalue weighted by Crippen LogP contribution is -2.43. The topological polar surface area (TPSA) is 16.4 Å². The van der Waals surface area contributed by atoms with E-state index in [1.54, 1.807) is 0 Å². The fraction of sp³-hybridized carbons (Fsp3) is 0.400. The third kappa shape index (κ3) is 4.08. The average molecular weight is 392 g/mol. The standard InChI is InChI=1S/C25H33N3O/c1-19-10-8-11-21-20(14-16-27(25(19)21)15-9-17-28(3,4)5)18-24-26(2)22-12-6-7-13-23(22)29-24/h6-8,11-14,16,18-19H,9-10,15,17H2,1-5H3/q+2. The Balaban J connectivity index is 1.66. The zero-order valence-corrected chi connectivity index (χ0v) is 18.4. The van der Waals surface area contributed by atoms with Gasteiger partial charge in [-0.15, -0.1) is 0 Å². The lowest BCUT2D eigenvalue weighted by atomic mass is 9.89. The Morgan fingerprint density at radius 2 is 2.00 bits per heavy atom. The SMILES string of the molecule is CC1CC=Cc2c(/C=C3\Oc4ccccc4N3C)cc[n+](CCC[N+](C)(C)C)c21. The summed E-state index contributed by atoms with van der Waals surface area (Å²) in [5.74, 6) is 2.32. The zero-order chi connectivity index (χ0) is 20.6. The molecular weight excluding hydrogens is 358 g/mol. The largest absolute Gasteiger partial charge is 0.439 e. The normalized spacial score (nSPS) is 19.3. The van der Waals surface area contributed by atoms with Crippen LogP contribution < -0.4 is 14.2 Å². The molecule has 1 atom stereocenters. The molecule has 0 saturated carbocycles. The number of pyridine rings is 1. The number of benzene rings is 1. The summed E-state index contributed by atoms with van der Waals surface area (Å²) in [7, 11) is 8.85. The number of aromatic nitrogens is 1. The van der Waals surface area contributed by atoms with Crippen molar-refractivity contribution in [3.8, 4) is 5.75 Å². The lowest BCUT2D eigenvalue weighted by Gasteiger charge is -2.23. The van der Waals surface area contributed by atoms with Crippen molar-refractivity contribution in [2.24, 2.45) is 0 Å². The summed E-state index contributed by atoms with van der Waals surface area (Å²) >= 11 is 0. The molecule has 0 amide bonds. The highest BCUT2D eigenvalue weighted by Crippen LogP contribution is 2.38. The number of quaternary nitrogens is 1. The first-order valence-corrected chi connectivity index (χ1v) is 10.6. The first kappa shape index (κ1) is 19.7. The minimum Gasteiger partial charge on any atom is -0.439 e. The van der Waals surface area contributed by atoms with Gasteiger partial charge in [-0.05, 0) is 24.1 Å². The Hall–Kier alpha value is -2.59. The number of allylic oxidation sites excluding steroid dienone is 1. The van der Waals surface area contributed by atoms with Crippen molar-refractivity contribution in [1.82, 2.24) is 0 Å². The molecule has 0 N–H and O–H groups in total. The summed E-state index contributed by atoms with van der Waals surface area (Å²) in [5, 5.41) is 0. The van der Waals surface area contributed by atoms with Crippen molar-refractivity contribution in [3.05, 3.63) is 65.3 Å². The monoisotopic (exact) mass is 391 g/mol. The number of para-hydroxylation sites is 2. The van der Waals surface area contributed by atoms with E-state index in [-0.39, 0.29) is 0 Å². The molecule has 2 heterocycles. The van der Waals surface area contributed by atoms with Crippen LogP contribution in [0.2, 0.25) is 0 Å². The summed E-state index contributed by atoms with van der Waals surface area (Å²) in [6, 6.07) is 10.4. The molecule has 4 nitrogen and oxygen atoms in total. The molecule has 1 aromatic carbocycles. The van der Waals surface area contributed by atoms with Crippen LogP contribution in [0, 0.1) is 0 Å². The third-order valence-corrected chi connectivity index (χ3v) is 5.85. The molecule has 1 aromatic heterocycles. The molecule has 0 bridgehead atoms. The summed E-state index contributed by atoms with van der Waals surface area (Å²) in [5.41, 5.74) is 5.11. The van der Waals surface area contributed by atoms with Gasteiger partial charge in [0.25, 0.3) is 0 Å². The van der Waals surface area contributed by atoms with Gasteiger partial charge in [0.2, 0.25) is 5.88 Å². The number of hydrogen-bond acceptors (Lipinski definition) is 2. The van der Waals surface area contributed by atoms with Crippen LogP contribution in [0.3, 0.4) is 0 Å². The second kappa shape index (κ2) is 7.68. The number of anilines is 1. The fourth-order valence-corrected chi connectivity index (χ4v) is 4.29. The number of aryl methyl sites for hydroxylation is 1. The second-order valence-corrected chi connectivity index (χ2v) is 9.28. The highest BCUT2D eigenvalue weighted by Gasteiger charge is 2.28. The maximum atomic E-state index is 6.13. The van der Waals surface area contributed by atoms with Crippen LogP contribution in [0.1, 0.15) is 42.5 Å². The molecule has 0 spiro atoms. The smallest absolute Gasteiger partial charge is 0.201 e. The maximum absolute atomic E-state index is 6.13. The van der Waals surface area contributed by atoms with Crippen LogP contribution >= 0.6 is 0 Å². The molecule has 1 unspecified atom stereocenters. The molecule has 2 aromatic rings. The molecule has 29 heavy (non-hydrogen) atoms. The molecule has 152 valence electrons. The zero-order valence-electron chi connectivity index (χ0n) is 18.4. The van der Waals surface area contributed by atoms with E-state index in [1.165, 1.54) is 29.8 Å². The van der Waals surface area contributed by atoms with Gasteiger partial charge in [-0.25, -0.2) is 4.57 Å². The quantitative estimate of drug-likeness (QED) is 0.554. The van der Waals surface area contributed by atoms with E-state index >= 15 is 0 Å². The summed E-state index contributed by atoms with van der Waals surface area (Å²) < 4.78 is 9.60. The van der Waals surface area contributed by atoms with Crippen molar-refractivity contribution in [2.45, 2.75) is 32.2 Å². The maximum Gasteiger partial charge on any atom is 0.201 e. The summed E-state index contributed by atoms with van der Waals surface area (Å²) in [4.78, 5) is 2.12. The highest BCUT2D eigenvalue weighted by atomic mass is 16.5. The van der Waals surface area contributed by atoms with E-state index in [0.29, 0.717) is 5.92 Å². The number of rotatable bonds is 5. The van der Waals surface area contributed by atoms with Gasteiger partial charge >= 0.3 is 0 Å². The minimum atomic E-state index is 0.525. The lowest BCUT2D eigenvalue weighted by molar-refractivity contribution is -0.873. The number of fused-ring (bicyclic) bond motifs is 2. The third-order valence-electron chi connectivity index (χ3n) is 5.85. The van der Waals surface area contributed by atoms with Crippen molar-refractivity contribution >= 4 is 17.8 Å². The van der Waals surface area contributed by atoms with Gasteiger partial charge in [0, 0.05) is 30.7 Å². The van der Waals surface area contributed by atoms with Crippen LogP contribution in [0.15, 0.2) is 48.5 Å². The van der Waals surface area contributed by atoms with E-state index in [2.05, 4.69) is 87.2 Å². The minimum absolute atomic E-state index is 0.525. The predicted octanol–water partition coefficient (Wildman–Crippen LogP) is 4.42. The van der Waals surface area contributed by atoms with Gasteiger partial charge in [0.15, 0.2) is 24.2 Å². The Kier molecular flexibility index (Phi) is 5.22. The molecule has 4 rings (SSSR count). The van der Waals surface area contributed by atoms with E-state index in [0.717, 1.165) is 34.8 Å². The van der Waals surface area contributed by atoms with Gasteiger partial charge < -0.3 is 14.1 Å². The van der Waals surface area contributed by atoms with Crippen LogP contribution in [0.5, 0.6) is 5.75 Å². The fourth-order valence-electron chi connectivity index (χ4n) is 4.29. The Labute approximate surface area is 174 Å². The Bertz CT molecular complexity index is 969. The molecule has 1 aliphatic carbocycles. The molecule has 0 fully saturated rings. The number of ether oxygens (including phenoxy) is 1. The molecular formula is C25H33N3O+2. The van der Waals surface area contributed by atoms with Crippen molar-refractivity contribution in [3.63, 3.8) is 0 Å². The Morgan fingerprint density at radius 1 is 1.21 bits per heavy atom. The van der Waals surface area contributed by atoms with Gasteiger partial charge in [-0.2, -0.15) is 0 Å². The average Bonchev–Trinajstić information content (AvgIpc) is 2.98. The van der Waals surface area contributed by atoms with Gasteiger partial charge in [0.1, 0.15) is 0 Å². The van der Waals surface area contributed by atoms with E-state index in [4.69, 9.17) is 4.74 Å². The van der Waals surface area contributed by atoms with Gasteiger partial charge in [-0.3, -0.25) is 0 Å². The second-order valence-electron chi connectivity index (χ2n) is 9.28. The van der Waals surface area contributed by atoms with Gasteiger partial charge in [0.05, 0.1) is 39.8 Å². The predicted molar refractivity (Wildman–Crippen MR) is 120 cm³/mol. The first-order chi connectivity index (χ1) is 13.8. The number of nitrogens with zero attached hydrogens (tertiary/aromatic N) is 3. The van der Waals surface area contributed by atoms with Crippen molar-refractivity contribution < 1.29 is 13.8 Å². The summed E-state index contributed by atoms with van der Waals surface area (Å²) in [6.07, 6.45) is 11.3. The van der Waals surface area contributed by atoms with Crippen molar-refractivity contribution in [2.75, 3.05) is 39.6 Å². The van der Waals surface area contributed by atoms with E-state index in [9.17, 15) is 0 Å². The van der Waals surface area contributed by atoms with E-state index in [1.807, 2.05) is 12.1 Å². The summed E-state index contributed by atoms with van der Waals surface area (Å²) in [6.45, 7) is 4.58. The number of hydrogen-bond donors (Lipinski definition) is 0. The van der Waals surface area contributed by atoms with Crippen LogP contribution in [0.4, 0.5) is 5.69 Å². The van der Waals surface area contributed by atoms with Crippen LogP contribution in [-0.4, -0.2) is 39.2 Å². The van der Waals surface area contributed by atoms with Crippen molar-refractivity contribution in [1.29, 1.82) is 0 Å². The molecule has 4 heteroatoms. The Morgan fingerprint density at radius 3 is 2.76 bits per heavy atom.